The number of nitrogens with zero attached hydrogens (tertiary/aromatic N) is 7. The van der Waals surface area contributed by atoms with Crippen molar-refractivity contribution in [2.24, 2.45) is 7.05 Å². The standard InChI is InChI=1S/C16H12F3N7O2/c1-25-8-11(21-24-25)15-20-10-7-9(28-16(17,18)19)3-4-12(10)26(15)13-5-6-14(27-2)23-22-13/h3-8H,1-2H3. The number of ether oxygens (including phenoxy) is 2. The van der Waals surface area contributed by atoms with Crippen LogP contribution in [-0.2, 0) is 7.05 Å². The third kappa shape index (κ3) is 3.31. The summed E-state index contributed by atoms with van der Waals surface area (Å²) in [5, 5.41) is 15.9. The quantitative estimate of drug-likeness (QED) is 0.528. The van der Waals surface area contributed by atoms with Crippen LogP contribution in [0.1, 0.15) is 0 Å². The number of aromatic nitrogens is 7. The molecule has 3 heterocycles. The fraction of sp³-hybridized carbons (Fsp3) is 0.188. The molecule has 0 atom stereocenters. The molecule has 12 heteroatoms. The second kappa shape index (κ2) is 6.48. The molecule has 0 saturated carbocycles. The van der Waals surface area contributed by atoms with Crippen LogP contribution in [-0.4, -0.2) is 48.2 Å². The Morgan fingerprint density at radius 2 is 1.86 bits per heavy atom. The van der Waals surface area contributed by atoms with E-state index in [-0.39, 0.29) is 11.3 Å². The monoisotopic (exact) mass is 391 g/mol. The normalized spacial score (nSPS) is 11.8. The number of alkyl halides is 3. The topological polar surface area (TPSA) is 92.8 Å². The van der Waals surface area contributed by atoms with Gasteiger partial charge in [-0.05, 0) is 18.2 Å². The van der Waals surface area contributed by atoms with Crippen molar-refractivity contribution in [3.8, 4) is 29.0 Å². The predicted molar refractivity (Wildman–Crippen MR) is 89.9 cm³/mol. The molecular formula is C16H12F3N7O2. The van der Waals surface area contributed by atoms with Crippen LogP contribution >= 0.6 is 0 Å². The third-order valence-electron chi connectivity index (χ3n) is 3.76. The number of rotatable bonds is 4. The number of halogens is 3. The Morgan fingerprint density at radius 3 is 2.46 bits per heavy atom. The van der Waals surface area contributed by atoms with Gasteiger partial charge in [0.1, 0.15) is 11.4 Å². The van der Waals surface area contributed by atoms with E-state index in [9.17, 15) is 13.2 Å². The molecule has 0 saturated heterocycles. The minimum absolute atomic E-state index is 0.264. The van der Waals surface area contributed by atoms with Gasteiger partial charge in [-0.15, -0.1) is 28.5 Å². The number of imidazole rings is 1. The van der Waals surface area contributed by atoms with Gasteiger partial charge in [-0.1, -0.05) is 5.21 Å². The molecule has 1 aromatic carbocycles. The van der Waals surface area contributed by atoms with Crippen molar-refractivity contribution in [1.29, 1.82) is 0 Å². The molecule has 4 aromatic rings. The van der Waals surface area contributed by atoms with Gasteiger partial charge < -0.3 is 9.47 Å². The lowest BCUT2D eigenvalue weighted by molar-refractivity contribution is -0.274. The molecule has 3 aromatic heterocycles. The molecular weight excluding hydrogens is 379 g/mol. The van der Waals surface area contributed by atoms with E-state index in [4.69, 9.17) is 4.74 Å². The summed E-state index contributed by atoms with van der Waals surface area (Å²) in [6.45, 7) is 0. The van der Waals surface area contributed by atoms with Gasteiger partial charge in [0.15, 0.2) is 11.6 Å². The maximum Gasteiger partial charge on any atom is 0.573 e. The first-order chi connectivity index (χ1) is 13.3. The number of hydrogen-bond donors (Lipinski definition) is 0. The molecule has 4 rings (SSSR count). The molecule has 0 radical (unpaired) electrons. The number of methoxy groups -OCH3 is 1. The summed E-state index contributed by atoms with van der Waals surface area (Å²) in [7, 11) is 3.15. The fourth-order valence-electron chi connectivity index (χ4n) is 2.65. The van der Waals surface area contributed by atoms with Crippen molar-refractivity contribution in [3.63, 3.8) is 0 Å². The molecule has 0 aliphatic heterocycles. The van der Waals surface area contributed by atoms with Crippen LogP contribution in [0.5, 0.6) is 11.6 Å². The fourth-order valence-corrected chi connectivity index (χ4v) is 2.65. The van der Waals surface area contributed by atoms with Crippen molar-refractivity contribution in [1.82, 2.24) is 34.7 Å². The van der Waals surface area contributed by atoms with Crippen LogP contribution < -0.4 is 9.47 Å². The molecule has 0 aliphatic rings. The molecule has 0 N–H and O–H groups in total. The van der Waals surface area contributed by atoms with E-state index in [0.717, 1.165) is 0 Å². The van der Waals surface area contributed by atoms with E-state index < -0.39 is 6.36 Å². The Kier molecular flexibility index (Phi) is 4.09. The average Bonchev–Trinajstić information content (AvgIpc) is 3.23. The van der Waals surface area contributed by atoms with E-state index in [1.54, 1.807) is 29.9 Å². The highest BCUT2D eigenvalue weighted by Gasteiger charge is 2.31. The van der Waals surface area contributed by atoms with Crippen LogP contribution in [0.4, 0.5) is 13.2 Å². The Labute approximate surface area is 155 Å². The lowest BCUT2D eigenvalue weighted by Crippen LogP contribution is -2.17. The number of hydrogen-bond acceptors (Lipinski definition) is 7. The molecule has 0 aliphatic carbocycles. The first-order valence-electron chi connectivity index (χ1n) is 7.87. The Hall–Kier alpha value is -3.70. The third-order valence-corrected chi connectivity index (χ3v) is 3.76. The van der Waals surface area contributed by atoms with E-state index in [2.05, 4.69) is 30.2 Å². The molecule has 0 fully saturated rings. The largest absolute Gasteiger partial charge is 0.573 e. The highest BCUT2D eigenvalue weighted by atomic mass is 19.4. The second-order valence-electron chi connectivity index (χ2n) is 5.68. The summed E-state index contributed by atoms with van der Waals surface area (Å²) in [5.41, 5.74) is 1.17. The first kappa shape index (κ1) is 17.7. The predicted octanol–water partition coefficient (Wildman–Crippen LogP) is 2.52. The number of aryl methyl sites for hydroxylation is 1. The first-order valence-corrected chi connectivity index (χ1v) is 7.87. The SMILES string of the molecule is COc1ccc(-n2c(-c3cn(C)nn3)nc3cc(OC(F)(F)F)ccc32)nn1. The van der Waals surface area contributed by atoms with E-state index in [0.29, 0.717) is 28.7 Å². The number of fused-ring (bicyclic) bond motifs is 1. The van der Waals surface area contributed by atoms with Gasteiger partial charge in [0, 0.05) is 19.2 Å². The van der Waals surface area contributed by atoms with Gasteiger partial charge in [0.2, 0.25) is 5.88 Å². The summed E-state index contributed by atoms with van der Waals surface area (Å²) in [6.07, 6.45) is -3.17. The van der Waals surface area contributed by atoms with Crippen molar-refractivity contribution in [2.75, 3.05) is 7.11 Å². The zero-order valence-electron chi connectivity index (χ0n) is 14.5. The van der Waals surface area contributed by atoms with Gasteiger partial charge in [0.05, 0.1) is 24.3 Å². The van der Waals surface area contributed by atoms with Gasteiger partial charge >= 0.3 is 6.36 Å². The zero-order chi connectivity index (χ0) is 19.9. The summed E-state index contributed by atoms with van der Waals surface area (Å²) >= 11 is 0. The smallest absolute Gasteiger partial charge is 0.480 e. The molecule has 0 spiro atoms. The Morgan fingerprint density at radius 1 is 1.04 bits per heavy atom. The van der Waals surface area contributed by atoms with Crippen LogP contribution in [0.2, 0.25) is 0 Å². The van der Waals surface area contributed by atoms with Crippen LogP contribution in [0.25, 0.3) is 28.4 Å². The van der Waals surface area contributed by atoms with Crippen LogP contribution in [0.15, 0.2) is 36.5 Å². The maximum absolute atomic E-state index is 12.5. The molecule has 144 valence electrons. The molecule has 0 bridgehead atoms. The number of benzene rings is 1. The molecule has 0 unspecified atom stereocenters. The zero-order valence-corrected chi connectivity index (χ0v) is 14.5. The molecule has 9 nitrogen and oxygen atoms in total. The van der Waals surface area contributed by atoms with Gasteiger partial charge in [0.25, 0.3) is 0 Å². The highest BCUT2D eigenvalue weighted by molar-refractivity contribution is 5.83. The average molecular weight is 391 g/mol. The molecule has 0 amide bonds. The maximum atomic E-state index is 12.5. The Balaban J connectivity index is 1.91. The van der Waals surface area contributed by atoms with E-state index in [1.807, 2.05) is 0 Å². The van der Waals surface area contributed by atoms with E-state index >= 15 is 0 Å². The summed E-state index contributed by atoms with van der Waals surface area (Å²) in [6, 6.07) is 7.10. The highest BCUT2D eigenvalue weighted by Crippen LogP contribution is 2.31. The van der Waals surface area contributed by atoms with Crippen molar-refractivity contribution in [2.45, 2.75) is 6.36 Å². The summed E-state index contributed by atoms with van der Waals surface area (Å²) in [5.74, 6) is 0.659. The molecule has 28 heavy (non-hydrogen) atoms. The Bertz CT molecular complexity index is 1140. The minimum Gasteiger partial charge on any atom is -0.480 e. The second-order valence-corrected chi connectivity index (χ2v) is 5.68. The van der Waals surface area contributed by atoms with Crippen molar-refractivity contribution >= 4 is 11.0 Å². The van der Waals surface area contributed by atoms with Gasteiger partial charge in [-0.3, -0.25) is 9.25 Å². The van der Waals surface area contributed by atoms with Crippen LogP contribution in [0, 0.1) is 0 Å². The van der Waals surface area contributed by atoms with E-state index in [1.165, 1.54) is 30.0 Å². The summed E-state index contributed by atoms with van der Waals surface area (Å²) < 4.78 is 49.7. The van der Waals surface area contributed by atoms with Gasteiger partial charge in [-0.25, -0.2) is 4.98 Å². The van der Waals surface area contributed by atoms with Crippen molar-refractivity contribution in [3.05, 3.63) is 36.5 Å². The van der Waals surface area contributed by atoms with Gasteiger partial charge in [-0.2, -0.15) is 0 Å². The lowest BCUT2D eigenvalue weighted by atomic mass is 10.3. The van der Waals surface area contributed by atoms with Crippen LogP contribution in [0.3, 0.4) is 0 Å². The lowest BCUT2D eigenvalue weighted by Gasteiger charge is -2.09. The summed E-state index contributed by atoms with van der Waals surface area (Å²) in [4.78, 5) is 4.41. The van der Waals surface area contributed by atoms with Crippen molar-refractivity contribution < 1.29 is 22.6 Å². The minimum atomic E-state index is -4.80.